The van der Waals surface area contributed by atoms with Crippen LogP contribution in [0.3, 0.4) is 0 Å². The second kappa shape index (κ2) is 8.27. The van der Waals surface area contributed by atoms with Gasteiger partial charge in [-0.15, -0.1) is 11.3 Å². The number of halogens is 1. The van der Waals surface area contributed by atoms with Crippen LogP contribution >= 0.6 is 11.3 Å². The second-order valence-electron chi connectivity index (χ2n) is 5.92. The smallest absolute Gasteiger partial charge is 0.246 e. The number of methoxy groups -OCH3 is 1. The Bertz CT molecular complexity index is 738. The summed E-state index contributed by atoms with van der Waals surface area (Å²) in [6, 6.07) is 9.00. The average molecular weight is 360 g/mol. The normalized spacial score (nSPS) is 15.7. The molecule has 0 bridgehead atoms. The summed E-state index contributed by atoms with van der Waals surface area (Å²) in [7, 11) is 1.46. The van der Waals surface area contributed by atoms with Gasteiger partial charge < -0.3 is 9.64 Å². The maximum atomic E-state index is 13.8. The van der Waals surface area contributed by atoms with Crippen LogP contribution in [0.25, 0.3) is 6.08 Å². The summed E-state index contributed by atoms with van der Waals surface area (Å²) in [5.74, 6) is -0.0345. The lowest BCUT2D eigenvalue weighted by atomic mass is 10.2. The third-order valence-electron chi connectivity index (χ3n) is 4.24. The Labute approximate surface area is 151 Å². The Morgan fingerprint density at radius 3 is 2.72 bits per heavy atom. The van der Waals surface area contributed by atoms with Crippen molar-refractivity contribution in [2.75, 3.05) is 33.3 Å². The predicted octanol–water partition coefficient (Wildman–Crippen LogP) is 3.25. The molecule has 0 saturated carbocycles. The lowest BCUT2D eigenvalue weighted by Gasteiger charge is -2.34. The first kappa shape index (κ1) is 17.6. The molecule has 1 aromatic heterocycles. The number of ether oxygens (including phenoxy) is 1. The summed E-state index contributed by atoms with van der Waals surface area (Å²) in [5.41, 5.74) is 0.913. The average Bonchev–Trinajstić information content (AvgIpc) is 3.14. The molecule has 1 amide bonds. The van der Waals surface area contributed by atoms with E-state index in [-0.39, 0.29) is 17.5 Å². The molecule has 1 aliphatic rings. The zero-order chi connectivity index (χ0) is 17.6. The van der Waals surface area contributed by atoms with Crippen molar-refractivity contribution in [3.05, 3.63) is 58.0 Å². The monoisotopic (exact) mass is 360 g/mol. The van der Waals surface area contributed by atoms with Crippen LogP contribution in [0.4, 0.5) is 4.39 Å². The highest BCUT2D eigenvalue weighted by atomic mass is 32.1. The molecule has 3 rings (SSSR count). The molecular formula is C19H21FN2O2S. The van der Waals surface area contributed by atoms with E-state index < -0.39 is 0 Å². The number of carbonyl (C=O) groups excluding carboxylic acids is 1. The number of amides is 1. The van der Waals surface area contributed by atoms with Crippen molar-refractivity contribution < 1.29 is 13.9 Å². The molecule has 1 fully saturated rings. The molecule has 0 N–H and O–H groups in total. The SMILES string of the molecule is COc1ccc(CN2CCN(C(=O)/C=C/c3cccs3)CC2)cc1F. The molecule has 4 nitrogen and oxygen atoms in total. The van der Waals surface area contributed by atoms with E-state index >= 15 is 0 Å². The van der Waals surface area contributed by atoms with E-state index in [1.807, 2.05) is 34.6 Å². The van der Waals surface area contributed by atoms with Crippen LogP contribution < -0.4 is 4.74 Å². The second-order valence-corrected chi connectivity index (χ2v) is 6.90. The third-order valence-corrected chi connectivity index (χ3v) is 5.08. The minimum atomic E-state index is -0.340. The van der Waals surface area contributed by atoms with Crippen molar-refractivity contribution in [2.24, 2.45) is 0 Å². The van der Waals surface area contributed by atoms with Gasteiger partial charge in [0.2, 0.25) is 5.91 Å². The number of thiophene rings is 1. The lowest BCUT2D eigenvalue weighted by molar-refractivity contribution is -0.127. The van der Waals surface area contributed by atoms with E-state index in [1.54, 1.807) is 23.5 Å². The Morgan fingerprint density at radius 1 is 1.28 bits per heavy atom. The van der Waals surface area contributed by atoms with Gasteiger partial charge in [-0.3, -0.25) is 9.69 Å². The third kappa shape index (κ3) is 4.67. The number of piperazine rings is 1. The van der Waals surface area contributed by atoms with Crippen LogP contribution in [0, 0.1) is 5.82 Å². The number of rotatable bonds is 5. The minimum absolute atomic E-state index is 0.0449. The molecule has 132 valence electrons. The summed E-state index contributed by atoms with van der Waals surface area (Å²) in [6.45, 7) is 3.62. The molecular weight excluding hydrogens is 339 g/mol. The molecule has 0 aliphatic carbocycles. The fraction of sp³-hybridized carbons (Fsp3) is 0.316. The van der Waals surface area contributed by atoms with Gasteiger partial charge in [-0.2, -0.15) is 0 Å². The van der Waals surface area contributed by atoms with Crippen LogP contribution in [-0.2, 0) is 11.3 Å². The van der Waals surface area contributed by atoms with Crippen LogP contribution in [0.2, 0.25) is 0 Å². The van der Waals surface area contributed by atoms with E-state index in [0.29, 0.717) is 19.6 Å². The molecule has 6 heteroatoms. The number of hydrogen-bond donors (Lipinski definition) is 0. The van der Waals surface area contributed by atoms with Gasteiger partial charge in [0.15, 0.2) is 11.6 Å². The minimum Gasteiger partial charge on any atom is -0.494 e. The van der Waals surface area contributed by atoms with Crippen LogP contribution in [0.1, 0.15) is 10.4 Å². The lowest BCUT2D eigenvalue weighted by Crippen LogP contribution is -2.47. The molecule has 1 aliphatic heterocycles. The van der Waals surface area contributed by atoms with E-state index in [1.165, 1.54) is 13.2 Å². The van der Waals surface area contributed by atoms with Gasteiger partial charge in [-0.1, -0.05) is 12.1 Å². The largest absolute Gasteiger partial charge is 0.494 e. The topological polar surface area (TPSA) is 32.8 Å². The fourth-order valence-electron chi connectivity index (χ4n) is 2.84. The van der Waals surface area contributed by atoms with Crippen molar-refractivity contribution in [3.8, 4) is 5.75 Å². The van der Waals surface area contributed by atoms with Crippen molar-refractivity contribution in [2.45, 2.75) is 6.54 Å². The molecule has 25 heavy (non-hydrogen) atoms. The maximum absolute atomic E-state index is 13.8. The molecule has 0 spiro atoms. The highest BCUT2D eigenvalue weighted by Gasteiger charge is 2.20. The van der Waals surface area contributed by atoms with E-state index in [0.717, 1.165) is 23.5 Å². The van der Waals surface area contributed by atoms with Gasteiger partial charge in [-0.05, 0) is 35.2 Å². The van der Waals surface area contributed by atoms with Crippen molar-refractivity contribution >= 4 is 23.3 Å². The highest BCUT2D eigenvalue weighted by Crippen LogP contribution is 2.19. The Balaban J connectivity index is 1.50. The zero-order valence-electron chi connectivity index (χ0n) is 14.2. The summed E-state index contributed by atoms with van der Waals surface area (Å²) >= 11 is 1.61. The number of benzene rings is 1. The molecule has 2 heterocycles. The van der Waals surface area contributed by atoms with Gasteiger partial charge in [0, 0.05) is 43.7 Å². The quantitative estimate of drug-likeness (QED) is 0.768. The highest BCUT2D eigenvalue weighted by molar-refractivity contribution is 7.10. The van der Waals surface area contributed by atoms with Gasteiger partial charge >= 0.3 is 0 Å². The first-order valence-corrected chi connectivity index (χ1v) is 9.09. The molecule has 1 aromatic carbocycles. The number of hydrogen-bond acceptors (Lipinski definition) is 4. The zero-order valence-corrected chi connectivity index (χ0v) is 15.0. The van der Waals surface area contributed by atoms with Crippen LogP contribution in [-0.4, -0.2) is 49.0 Å². The number of carbonyl (C=O) groups is 1. The summed E-state index contributed by atoms with van der Waals surface area (Å²) in [4.78, 5) is 17.4. The van der Waals surface area contributed by atoms with Crippen molar-refractivity contribution in [3.63, 3.8) is 0 Å². The van der Waals surface area contributed by atoms with Gasteiger partial charge in [0.1, 0.15) is 0 Å². The Morgan fingerprint density at radius 2 is 2.08 bits per heavy atom. The maximum Gasteiger partial charge on any atom is 0.246 e. The van der Waals surface area contributed by atoms with Gasteiger partial charge in [0.25, 0.3) is 0 Å². The van der Waals surface area contributed by atoms with Crippen molar-refractivity contribution in [1.29, 1.82) is 0 Å². The Hall–Kier alpha value is -2.18. The summed E-state index contributed by atoms with van der Waals surface area (Å²) < 4.78 is 18.7. The van der Waals surface area contributed by atoms with Crippen LogP contribution in [0.15, 0.2) is 41.8 Å². The van der Waals surface area contributed by atoms with E-state index in [4.69, 9.17) is 4.74 Å². The number of nitrogens with zero attached hydrogens (tertiary/aromatic N) is 2. The first-order valence-electron chi connectivity index (χ1n) is 8.21. The molecule has 1 saturated heterocycles. The summed E-state index contributed by atoms with van der Waals surface area (Å²) in [5, 5.41) is 1.99. The molecule has 0 radical (unpaired) electrons. The van der Waals surface area contributed by atoms with E-state index in [2.05, 4.69) is 4.90 Å². The van der Waals surface area contributed by atoms with Crippen LogP contribution in [0.5, 0.6) is 5.75 Å². The van der Waals surface area contributed by atoms with Gasteiger partial charge in [-0.25, -0.2) is 4.39 Å². The molecule has 2 aromatic rings. The predicted molar refractivity (Wildman–Crippen MR) is 98.2 cm³/mol. The molecule has 0 atom stereocenters. The first-order chi connectivity index (χ1) is 12.2. The Kier molecular flexibility index (Phi) is 5.83. The molecule has 0 unspecified atom stereocenters. The fourth-order valence-corrected chi connectivity index (χ4v) is 3.46. The van der Waals surface area contributed by atoms with Gasteiger partial charge in [0.05, 0.1) is 7.11 Å². The van der Waals surface area contributed by atoms with E-state index in [9.17, 15) is 9.18 Å². The summed E-state index contributed by atoms with van der Waals surface area (Å²) in [6.07, 6.45) is 3.50. The standard InChI is InChI=1S/C19H21FN2O2S/c1-24-18-6-4-15(13-17(18)20)14-21-8-10-22(11-9-21)19(23)7-5-16-3-2-12-25-16/h2-7,12-13H,8-11,14H2,1H3/b7-5+. The van der Waals surface area contributed by atoms with Crippen molar-refractivity contribution in [1.82, 2.24) is 9.80 Å².